The van der Waals surface area contributed by atoms with Crippen molar-refractivity contribution in [3.63, 3.8) is 0 Å². The summed E-state index contributed by atoms with van der Waals surface area (Å²) in [5.41, 5.74) is 2.71. The summed E-state index contributed by atoms with van der Waals surface area (Å²) in [6, 6.07) is 11.4. The van der Waals surface area contributed by atoms with Crippen molar-refractivity contribution in [2.75, 3.05) is 11.9 Å². The van der Waals surface area contributed by atoms with Gasteiger partial charge in [-0.3, -0.25) is 10.3 Å². The van der Waals surface area contributed by atoms with Gasteiger partial charge in [0, 0.05) is 23.6 Å². The van der Waals surface area contributed by atoms with Gasteiger partial charge in [-0.2, -0.15) is 0 Å². The smallest absolute Gasteiger partial charge is 0.411 e. The summed E-state index contributed by atoms with van der Waals surface area (Å²) in [4.78, 5) is 15.4. The number of benzene rings is 1. The number of anilines is 1. The standard InChI is InChI=1S/C14H14N2O2/c1-2-18-14(17)16-13-7-3-5-11(9-13)12-6-4-8-15-10-12/h3-10H,2H2,1H3,(H,16,17). The number of pyridine rings is 1. The first-order valence-corrected chi connectivity index (χ1v) is 5.74. The highest BCUT2D eigenvalue weighted by molar-refractivity contribution is 5.85. The predicted octanol–water partition coefficient (Wildman–Crippen LogP) is 3.32. The second-order valence-corrected chi connectivity index (χ2v) is 3.67. The zero-order chi connectivity index (χ0) is 12.8. The van der Waals surface area contributed by atoms with E-state index in [4.69, 9.17) is 4.74 Å². The molecule has 1 heterocycles. The van der Waals surface area contributed by atoms with Gasteiger partial charge in [0.25, 0.3) is 0 Å². The van der Waals surface area contributed by atoms with E-state index < -0.39 is 6.09 Å². The van der Waals surface area contributed by atoms with E-state index in [0.29, 0.717) is 12.3 Å². The van der Waals surface area contributed by atoms with Crippen LogP contribution in [0.2, 0.25) is 0 Å². The van der Waals surface area contributed by atoms with E-state index in [1.54, 1.807) is 19.3 Å². The maximum atomic E-state index is 11.3. The first kappa shape index (κ1) is 12.1. The van der Waals surface area contributed by atoms with Gasteiger partial charge in [0.15, 0.2) is 0 Å². The lowest BCUT2D eigenvalue weighted by molar-refractivity contribution is 0.168. The van der Waals surface area contributed by atoms with Crippen molar-refractivity contribution in [2.45, 2.75) is 6.92 Å². The summed E-state index contributed by atoms with van der Waals surface area (Å²) in [6.07, 6.45) is 3.06. The molecule has 1 N–H and O–H groups in total. The molecule has 0 aliphatic carbocycles. The minimum Gasteiger partial charge on any atom is -0.450 e. The van der Waals surface area contributed by atoms with Gasteiger partial charge in [-0.25, -0.2) is 4.79 Å². The zero-order valence-electron chi connectivity index (χ0n) is 10.1. The number of carbonyl (C=O) groups excluding carboxylic acids is 1. The van der Waals surface area contributed by atoms with Crippen LogP contribution in [0.1, 0.15) is 6.92 Å². The van der Waals surface area contributed by atoms with Gasteiger partial charge in [-0.15, -0.1) is 0 Å². The summed E-state index contributed by atoms with van der Waals surface area (Å²) in [7, 11) is 0. The zero-order valence-corrected chi connectivity index (χ0v) is 10.1. The van der Waals surface area contributed by atoms with Gasteiger partial charge in [0.1, 0.15) is 0 Å². The molecule has 0 aliphatic rings. The van der Waals surface area contributed by atoms with E-state index >= 15 is 0 Å². The number of aromatic nitrogens is 1. The van der Waals surface area contributed by atoms with Crippen LogP contribution < -0.4 is 5.32 Å². The monoisotopic (exact) mass is 242 g/mol. The second-order valence-electron chi connectivity index (χ2n) is 3.67. The van der Waals surface area contributed by atoms with Gasteiger partial charge in [-0.05, 0) is 30.7 Å². The SMILES string of the molecule is CCOC(=O)Nc1cccc(-c2cccnc2)c1. The Morgan fingerprint density at radius 3 is 2.83 bits per heavy atom. The van der Waals surface area contributed by atoms with Crippen LogP contribution in [-0.2, 0) is 4.74 Å². The van der Waals surface area contributed by atoms with E-state index in [9.17, 15) is 4.79 Å². The number of carbonyl (C=O) groups is 1. The third-order valence-electron chi connectivity index (χ3n) is 2.38. The lowest BCUT2D eigenvalue weighted by atomic mass is 10.1. The highest BCUT2D eigenvalue weighted by atomic mass is 16.5. The van der Waals surface area contributed by atoms with Crippen molar-refractivity contribution in [1.82, 2.24) is 4.98 Å². The molecule has 92 valence electrons. The Morgan fingerprint density at radius 2 is 2.11 bits per heavy atom. The number of nitrogens with zero attached hydrogens (tertiary/aromatic N) is 1. The van der Waals surface area contributed by atoms with Crippen molar-refractivity contribution < 1.29 is 9.53 Å². The van der Waals surface area contributed by atoms with Crippen molar-refractivity contribution >= 4 is 11.8 Å². The lowest BCUT2D eigenvalue weighted by Crippen LogP contribution is -2.13. The topological polar surface area (TPSA) is 51.2 Å². The molecule has 0 saturated heterocycles. The fourth-order valence-electron chi connectivity index (χ4n) is 1.60. The Labute approximate surface area is 106 Å². The van der Waals surface area contributed by atoms with Crippen LogP contribution >= 0.6 is 0 Å². The van der Waals surface area contributed by atoms with Gasteiger partial charge >= 0.3 is 6.09 Å². The molecule has 1 amide bonds. The number of rotatable bonds is 3. The maximum absolute atomic E-state index is 11.3. The van der Waals surface area contributed by atoms with Crippen molar-refractivity contribution in [3.05, 3.63) is 48.8 Å². The van der Waals surface area contributed by atoms with Gasteiger partial charge in [0.2, 0.25) is 0 Å². The normalized spacial score (nSPS) is 9.83. The molecule has 0 bridgehead atoms. The minimum absolute atomic E-state index is 0.355. The molecular formula is C14H14N2O2. The van der Waals surface area contributed by atoms with E-state index in [-0.39, 0.29) is 0 Å². The van der Waals surface area contributed by atoms with E-state index in [1.807, 2.05) is 36.4 Å². The Hall–Kier alpha value is -2.36. The summed E-state index contributed by atoms with van der Waals surface area (Å²) >= 11 is 0. The molecule has 0 unspecified atom stereocenters. The third-order valence-corrected chi connectivity index (χ3v) is 2.38. The van der Waals surface area contributed by atoms with Crippen LogP contribution in [0, 0.1) is 0 Å². The molecular weight excluding hydrogens is 228 g/mol. The Bertz CT molecular complexity index is 526. The first-order valence-electron chi connectivity index (χ1n) is 5.74. The molecule has 0 fully saturated rings. The quantitative estimate of drug-likeness (QED) is 0.898. The fourth-order valence-corrected chi connectivity index (χ4v) is 1.60. The van der Waals surface area contributed by atoms with Crippen LogP contribution in [0.15, 0.2) is 48.8 Å². The van der Waals surface area contributed by atoms with E-state index in [0.717, 1.165) is 11.1 Å². The molecule has 1 aromatic carbocycles. The summed E-state index contributed by atoms with van der Waals surface area (Å²) in [6.45, 7) is 2.12. The number of hydrogen-bond donors (Lipinski definition) is 1. The maximum Gasteiger partial charge on any atom is 0.411 e. The molecule has 2 aromatic rings. The molecule has 0 radical (unpaired) electrons. The van der Waals surface area contributed by atoms with Crippen LogP contribution in [0.3, 0.4) is 0 Å². The summed E-state index contributed by atoms with van der Waals surface area (Å²) in [5.74, 6) is 0. The van der Waals surface area contributed by atoms with Crippen molar-refractivity contribution in [2.24, 2.45) is 0 Å². The Kier molecular flexibility index (Phi) is 3.91. The predicted molar refractivity (Wildman–Crippen MR) is 70.3 cm³/mol. The molecule has 0 spiro atoms. The largest absolute Gasteiger partial charge is 0.450 e. The highest BCUT2D eigenvalue weighted by Crippen LogP contribution is 2.21. The molecule has 1 aromatic heterocycles. The third kappa shape index (κ3) is 3.07. The second kappa shape index (κ2) is 5.82. The van der Waals surface area contributed by atoms with Crippen LogP contribution in [0.4, 0.5) is 10.5 Å². The van der Waals surface area contributed by atoms with E-state index in [2.05, 4.69) is 10.3 Å². The molecule has 0 atom stereocenters. The summed E-state index contributed by atoms with van der Waals surface area (Å²) < 4.78 is 4.83. The van der Waals surface area contributed by atoms with Gasteiger partial charge < -0.3 is 4.74 Å². The number of ether oxygens (including phenoxy) is 1. The average Bonchev–Trinajstić information content (AvgIpc) is 2.40. The number of amides is 1. The minimum atomic E-state index is -0.444. The molecule has 4 nitrogen and oxygen atoms in total. The first-order chi connectivity index (χ1) is 8.79. The van der Waals surface area contributed by atoms with Crippen LogP contribution in [0.5, 0.6) is 0 Å². The molecule has 0 aliphatic heterocycles. The highest BCUT2D eigenvalue weighted by Gasteiger charge is 2.03. The van der Waals surface area contributed by atoms with Gasteiger partial charge in [-0.1, -0.05) is 18.2 Å². The summed E-state index contributed by atoms with van der Waals surface area (Å²) in [5, 5.41) is 2.67. The number of nitrogens with one attached hydrogen (secondary N) is 1. The van der Waals surface area contributed by atoms with Crippen LogP contribution in [-0.4, -0.2) is 17.7 Å². The average molecular weight is 242 g/mol. The Morgan fingerprint density at radius 1 is 1.28 bits per heavy atom. The van der Waals surface area contributed by atoms with Crippen molar-refractivity contribution in [1.29, 1.82) is 0 Å². The van der Waals surface area contributed by atoms with Crippen LogP contribution in [0.25, 0.3) is 11.1 Å². The Balaban J connectivity index is 2.18. The molecule has 18 heavy (non-hydrogen) atoms. The lowest BCUT2D eigenvalue weighted by Gasteiger charge is -2.07. The van der Waals surface area contributed by atoms with Gasteiger partial charge in [0.05, 0.1) is 6.61 Å². The molecule has 4 heteroatoms. The fraction of sp³-hybridized carbons (Fsp3) is 0.143. The number of hydrogen-bond acceptors (Lipinski definition) is 3. The molecule has 0 saturated carbocycles. The van der Waals surface area contributed by atoms with Crippen molar-refractivity contribution in [3.8, 4) is 11.1 Å². The van der Waals surface area contributed by atoms with E-state index in [1.165, 1.54) is 0 Å². The molecule has 2 rings (SSSR count).